The highest BCUT2D eigenvalue weighted by Gasteiger charge is 2.50. The first kappa shape index (κ1) is 40.7. The zero-order valence-electron chi connectivity index (χ0n) is 30.3. The molecule has 1 unspecified atom stereocenters. The van der Waals surface area contributed by atoms with Crippen LogP contribution in [0.25, 0.3) is 0 Å². The van der Waals surface area contributed by atoms with Crippen molar-refractivity contribution in [1.82, 2.24) is 29.9 Å². The third kappa shape index (κ3) is 11.7. The molecule has 2 aliphatic rings. The molecule has 2 fully saturated rings. The van der Waals surface area contributed by atoms with Crippen LogP contribution in [0.1, 0.15) is 64.2 Å². The van der Waals surface area contributed by atoms with E-state index in [0.29, 0.717) is 49.4 Å². The highest BCUT2D eigenvalue weighted by molar-refractivity contribution is 5.97. The summed E-state index contributed by atoms with van der Waals surface area (Å²) in [5.41, 5.74) is 5.61. The summed E-state index contributed by atoms with van der Waals surface area (Å²) < 4.78 is 20.4. The minimum absolute atomic E-state index is 0.0526. The molecule has 0 radical (unpaired) electrons. The van der Waals surface area contributed by atoms with Gasteiger partial charge in [0.2, 0.25) is 5.91 Å². The molecule has 16 heteroatoms. The summed E-state index contributed by atoms with van der Waals surface area (Å²) in [6.45, 7) is 16.0. The number of carboxylic acid groups (broad SMARTS) is 2. The van der Waals surface area contributed by atoms with E-state index in [1.165, 1.54) is 24.5 Å². The first-order valence-corrected chi connectivity index (χ1v) is 17.1. The van der Waals surface area contributed by atoms with Crippen LogP contribution in [0.15, 0.2) is 36.7 Å². The lowest BCUT2D eigenvalue weighted by Crippen LogP contribution is -2.62. The number of nitrogens with zero attached hydrogens (tertiary/aromatic N) is 7. The molecule has 1 aromatic heterocycles. The molecule has 2 aliphatic heterocycles. The van der Waals surface area contributed by atoms with Crippen molar-refractivity contribution < 1.29 is 38.5 Å². The Bertz CT molecular complexity index is 1530. The SMILES string of the molecule is CCN(C(=O)c1cc(F)ccc1Oc1nncnc1N1CCC2(C1)CN(C(CCN(C)CCC(N)=O)C(C)C)C2)C(C)C.O=C(O)/C=C/C(=O)O. The molecule has 3 heterocycles. The fourth-order valence-electron chi connectivity index (χ4n) is 6.57. The molecule has 2 aromatic rings. The molecule has 15 nitrogen and oxygen atoms in total. The molecule has 4 rings (SSSR count). The summed E-state index contributed by atoms with van der Waals surface area (Å²) in [4.78, 5) is 56.7. The van der Waals surface area contributed by atoms with Crippen molar-refractivity contribution in [2.24, 2.45) is 17.1 Å². The van der Waals surface area contributed by atoms with Crippen molar-refractivity contribution in [2.75, 3.05) is 57.8 Å². The van der Waals surface area contributed by atoms with E-state index in [-0.39, 0.29) is 40.5 Å². The average molecular weight is 715 g/mol. The molecular formula is C35H51FN8O7. The number of aromatic nitrogens is 3. The van der Waals surface area contributed by atoms with Crippen molar-refractivity contribution in [3.05, 3.63) is 48.1 Å². The fourth-order valence-corrected chi connectivity index (χ4v) is 6.57. The zero-order chi connectivity index (χ0) is 37.9. The molecule has 51 heavy (non-hydrogen) atoms. The van der Waals surface area contributed by atoms with Gasteiger partial charge in [-0.3, -0.25) is 14.5 Å². The number of aliphatic carboxylic acids is 2. The van der Waals surface area contributed by atoms with Gasteiger partial charge in [-0.25, -0.2) is 19.0 Å². The van der Waals surface area contributed by atoms with Crippen LogP contribution in [-0.2, 0) is 14.4 Å². The van der Waals surface area contributed by atoms with Crippen LogP contribution in [0.5, 0.6) is 11.6 Å². The van der Waals surface area contributed by atoms with Gasteiger partial charge in [-0.05, 0) is 71.3 Å². The molecule has 1 aromatic carbocycles. The maximum Gasteiger partial charge on any atom is 0.328 e. The number of primary amides is 1. The third-order valence-corrected chi connectivity index (χ3v) is 9.14. The Morgan fingerprint density at radius 1 is 1.08 bits per heavy atom. The van der Waals surface area contributed by atoms with E-state index in [2.05, 4.69) is 43.7 Å². The predicted molar refractivity (Wildman–Crippen MR) is 188 cm³/mol. The van der Waals surface area contributed by atoms with Gasteiger partial charge in [0.15, 0.2) is 5.82 Å². The number of nitrogens with two attached hydrogens (primary N) is 1. The lowest BCUT2D eigenvalue weighted by atomic mass is 9.76. The Morgan fingerprint density at radius 2 is 1.75 bits per heavy atom. The summed E-state index contributed by atoms with van der Waals surface area (Å²) in [7, 11) is 2.04. The number of likely N-dealkylation sites (tertiary alicyclic amines) is 1. The molecule has 1 atom stereocenters. The van der Waals surface area contributed by atoms with Crippen LogP contribution >= 0.6 is 0 Å². The summed E-state index contributed by atoms with van der Waals surface area (Å²) in [6, 6.07) is 4.35. The number of benzene rings is 1. The predicted octanol–water partition coefficient (Wildman–Crippen LogP) is 3.12. The number of anilines is 1. The van der Waals surface area contributed by atoms with E-state index in [9.17, 15) is 23.6 Å². The molecule has 2 amide bonds. The second-order valence-corrected chi connectivity index (χ2v) is 13.7. The summed E-state index contributed by atoms with van der Waals surface area (Å²) in [5, 5.41) is 23.8. The largest absolute Gasteiger partial charge is 0.478 e. The first-order chi connectivity index (χ1) is 24.1. The van der Waals surface area contributed by atoms with Gasteiger partial charge in [0, 0.05) is 75.3 Å². The van der Waals surface area contributed by atoms with E-state index in [0.717, 1.165) is 45.6 Å². The second kappa shape index (κ2) is 18.5. The van der Waals surface area contributed by atoms with Gasteiger partial charge in [0.05, 0.1) is 5.56 Å². The number of carboxylic acids is 2. The Kier molecular flexibility index (Phi) is 14.8. The maximum atomic E-state index is 14.3. The maximum absolute atomic E-state index is 14.3. The van der Waals surface area contributed by atoms with Gasteiger partial charge in [-0.15, -0.1) is 10.2 Å². The molecule has 4 N–H and O–H groups in total. The van der Waals surface area contributed by atoms with Gasteiger partial charge in [-0.2, -0.15) is 0 Å². The van der Waals surface area contributed by atoms with Crippen molar-refractivity contribution in [3.63, 3.8) is 0 Å². The molecular weight excluding hydrogens is 663 g/mol. The Labute approximate surface area is 298 Å². The second-order valence-electron chi connectivity index (χ2n) is 13.7. The normalized spacial score (nSPS) is 15.9. The summed E-state index contributed by atoms with van der Waals surface area (Å²) >= 11 is 0. The number of ether oxygens (including phenoxy) is 1. The van der Waals surface area contributed by atoms with Crippen LogP contribution < -0.4 is 15.4 Å². The average Bonchev–Trinajstić information content (AvgIpc) is 3.50. The number of rotatable bonds is 16. The van der Waals surface area contributed by atoms with Crippen LogP contribution in [-0.4, -0.2) is 129 Å². The molecule has 280 valence electrons. The lowest BCUT2D eigenvalue weighted by Gasteiger charge is -2.53. The lowest BCUT2D eigenvalue weighted by molar-refractivity contribution is -0.134. The number of hydrogen-bond donors (Lipinski definition) is 3. The topological polar surface area (TPSA) is 196 Å². The number of carbonyl (C=O) groups is 4. The van der Waals surface area contributed by atoms with Crippen molar-refractivity contribution >= 4 is 29.6 Å². The first-order valence-electron chi connectivity index (χ1n) is 17.1. The zero-order valence-corrected chi connectivity index (χ0v) is 30.3. The smallest absolute Gasteiger partial charge is 0.328 e. The molecule has 2 saturated heterocycles. The molecule has 0 aliphatic carbocycles. The summed E-state index contributed by atoms with van der Waals surface area (Å²) in [5.74, 6) is -2.10. The third-order valence-electron chi connectivity index (χ3n) is 9.14. The molecule has 0 saturated carbocycles. The van der Waals surface area contributed by atoms with Crippen molar-refractivity contribution in [2.45, 2.75) is 66.0 Å². The van der Waals surface area contributed by atoms with Gasteiger partial charge < -0.3 is 35.4 Å². The minimum atomic E-state index is -1.26. The van der Waals surface area contributed by atoms with Gasteiger partial charge in [-0.1, -0.05) is 13.8 Å². The molecule has 1 spiro atoms. The van der Waals surface area contributed by atoms with Crippen LogP contribution in [0.4, 0.5) is 10.2 Å². The summed E-state index contributed by atoms with van der Waals surface area (Å²) in [6.07, 6.45) is 4.95. The van der Waals surface area contributed by atoms with Gasteiger partial charge in [0.1, 0.15) is 17.9 Å². The highest BCUT2D eigenvalue weighted by atomic mass is 19.1. The monoisotopic (exact) mass is 714 g/mol. The van der Waals surface area contributed by atoms with Crippen molar-refractivity contribution in [3.8, 4) is 11.6 Å². The van der Waals surface area contributed by atoms with Crippen LogP contribution in [0, 0.1) is 17.2 Å². The van der Waals surface area contributed by atoms with Gasteiger partial charge in [0.25, 0.3) is 11.8 Å². The van der Waals surface area contributed by atoms with E-state index < -0.39 is 17.8 Å². The van der Waals surface area contributed by atoms with E-state index in [1.807, 2.05) is 27.8 Å². The Morgan fingerprint density at radius 3 is 2.31 bits per heavy atom. The standard InChI is InChI=1S/C31H47FN8O3.C4H4O4/c1-7-40(22(4)5)30(42)24-16-23(32)8-9-26(24)43-29-28(34-20-35-36-29)38-15-12-31(17-38)18-39(19-31)25(21(2)3)10-13-37(6)14-11-27(33)41;5-3(6)1-2-4(7)8/h8-9,16,20-22,25H,7,10-15,17-19H2,1-6H3,(H2,33,41);1-2H,(H,5,6)(H,7,8)/b;2-1+. The number of hydrogen-bond acceptors (Lipinski definition) is 11. The quantitative estimate of drug-likeness (QED) is 0.215. The van der Waals surface area contributed by atoms with Crippen LogP contribution in [0.2, 0.25) is 0 Å². The van der Waals surface area contributed by atoms with E-state index in [4.69, 9.17) is 20.7 Å². The van der Waals surface area contributed by atoms with Crippen LogP contribution in [0.3, 0.4) is 0 Å². The van der Waals surface area contributed by atoms with E-state index in [1.54, 1.807) is 4.90 Å². The number of carbonyl (C=O) groups excluding carboxylic acids is 2. The number of halogens is 1. The Balaban J connectivity index is 0.000000783. The highest BCUT2D eigenvalue weighted by Crippen LogP contribution is 2.44. The van der Waals surface area contributed by atoms with E-state index >= 15 is 0 Å². The Hall–Kier alpha value is -4.70. The fraction of sp³-hybridized carbons (Fsp3) is 0.571. The number of amides is 2. The minimum Gasteiger partial charge on any atom is -0.478 e. The van der Waals surface area contributed by atoms with Crippen molar-refractivity contribution in [1.29, 1.82) is 0 Å². The molecule has 0 bridgehead atoms. The van der Waals surface area contributed by atoms with Gasteiger partial charge >= 0.3 is 11.9 Å².